The van der Waals surface area contributed by atoms with Crippen LogP contribution in [0.1, 0.15) is 49.5 Å². The number of phenolic OH excluding ortho intramolecular Hbond substituents is 1. The number of para-hydroxylation sites is 2. The molecule has 0 unspecified atom stereocenters. The molecule has 0 atom stereocenters. The smallest absolute Gasteiger partial charge is 0.335 e. The number of benzene rings is 3. The van der Waals surface area contributed by atoms with Crippen LogP contribution in [0.2, 0.25) is 5.02 Å². The average Bonchev–Trinajstić information content (AvgIpc) is 3.50. The van der Waals surface area contributed by atoms with Gasteiger partial charge < -0.3 is 25.3 Å². The molecule has 1 saturated heterocycles. The monoisotopic (exact) mass is 619 g/mol. The lowest BCUT2D eigenvalue weighted by atomic mass is 9.74. The zero-order valence-electron chi connectivity index (χ0n) is 24.3. The number of fused-ring (bicyclic) bond motifs is 3. The van der Waals surface area contributed by atoms with Gasteiger partial charge in [-0.25, -0.2) is 14.6 Å². The molecule has 11 heteroatoms. The Morgan fingerprint density at radius 2 is 1.81 bits per heavy atom. The zero-order valence-corrected chi connectivity index (χ0v) is 25.8. The van der Waals surface area contributed by atoms with Gasteiger partial charge in [0.1, 0.15) is 5.75 Å². The molecule has 0 radical (unpaired) electrons. The molecule has 3 aromatic carbocycles. The highest BCUT2D eigenvalue weighted by Gasteiger charge is 2.48. The van der Waals surface area contributed by atoms with Crippen LogP contribution in [0.25, 0.3) is 10.2 Å². The summed E-state index contributed by atoms with van der Waals surface area (Å²) in [5.74, 6) is -0.866. The number of nitrogens with zero attached hydrogens (tertiary/aromatic N) is 3. The van der Waals surface area contributed by atoms with Crippen LogP contribution in [-0.2, 0) is 5.41 Å². The number of piperidine rings is 1. The molecule has 224 valence electrons. The summed E-state index contributed by atoms with van der Waals surface area (Å²) in [5, 5.41) is 27.2. The summed E-state index contributed by atoms with van der Waals surface area (Å²) in [4.78, 5) is 33.5. The Hall–Kier alpha value is -3.86. The van der Waals surface area contributed by atoms with Crippen LogP contribution >= 0.6 is 22.9 Å². The van der Waals surface area contributed by atoms with Gasteiger partial charge in [0, 0.05) is 29.1 Å². The highest BCUT2D eigenvalue weighted by atomic mass is 35.5. The summed E-state index contributed by atoms with van der Waals surface area (Å²) < 4.78 is 0.662. The topological polar surface area (TPSA) is 118 Å². The lowest BCUT2D eigenvalue weighted by Gasteiger charge is -2.42. The van der Waals surface area contributed by atoms with Gasteiger partial charge in [0.15, 0.2) is 5.13 Å². The van der Waals surface area contributed by atoms with Crippen molar-refractivity contribution in [2.45, 2.75) is 39.0 Å². The van der Waals surface area contributed by atoms with E-state index in [2.05, 4.69) is 46.2 Å². The van der Waals surface area contributed by atoms with Gasteiger partial charge in [-0.2, -0.15) is 0 Å². The fraction of sp³-hybridized carbons (Fsp3) is 0.344. The number of carboxylic acids is 1. The number of hydrogen-bond donors (Lipinski definition) is 4. The van der Waals surface area contributed by atoms with Crippen LogP contribution < -0.4 is 15.5 Å². The van der Waals surface area contributed by atoms with Crippen LogP contribution in [0.5, 0.6) is 5.75 Å². The number of thiazole rings is 1. The molecule has 2 amide bonds. The molecule has 6 rings (SSSR count). The minimum Gasteiger partial charge on any atom is -0.506 e. The molecular formula is C32H34ClN5O4S. The Morgan fingerprint density at radius 3 is 2.53 bits per heavy atom. The molecule has 3 heterocycles. The van der Waals surface area contributed by atoms with E-state index in [0.29, 0.717) is 38.3 Å². The van der Waals surface area contributed by atoms with Crippen LogP contribution in [0, 0.1) is 5.41 Å². The third kappa shape index (κ3) is 5.74. The average molecular weight is 620 g/mol. The maximum atomic E-state index is 13.2. The molecule has 9 nitrogen and oxygen atoms in total. The van der Waals surface area contributed by atoms with E-state index in [0.717, 1.165) is 43.7 Å². The summed E-state index contributed by atoms with van der Waals surface area (Å²) >= 11 is 8.07. The Morgan fingerprint density at radius 1 is 1.07 bits per heavy atom. The zero-order chi connectivity index (χ0) is 30.5. The molecule has 2 aliphatic heterocycles. The molecule has 0 saturated carbocycles. The quantitative estimate of drug-likeness (QED) is 0.182. The Labute approximate surface area is 259 Å². The van der Waals surface area contributed by atoms with Gasteiger partial charge in [-0.15, -0.1) is 0 Å². The third-order valence-corrected chi connectivity index (χ3v) is 9.43. The molecule has 0 aliphatic carbocycles. The number of aromatic hydroxyl groups is 1. The molecule has 4 aromatic rings. The van der Waals surface area contributed by atoms with Crippen molar-refractivity contribution in [2.75, 3.05) is 41.7 Å². The van der Waals surface area contributed by atoms with Gasteiger partial charge >= 0.3 is 12.0 Å². The molecule has 43 heavy (non-hydrogen) atoms. The number of likely N-dealkylation sites (tertiary alicyclic amines) is 1. The normalized spacial score (nSPS) is 16.4. The Kier molecular flexibility index (Phi) is 7.48. The Balaban J connectivity index is 1.26. The molecule has 0 bridgehead atoms. The highest BCUT2D eigenvalue weighted by Crippen LogP contribution is 2.56. The van der Waals surface area contributed by atoms with Gasteiger partial charge in [-0.05, 0) is 73.8 Å². The number of aromatic nitrogens is 1. The standard InChI is InChI=1S/C32H34ClN5O4S/c1-31(2,3)17-37-14-12-32(13-15-37)18-38(27-24(39)11-9-20(33)26(27)32)23-7-5-4-6-21(23)34-29(42)36-30-35-22-10-8-19(28(40)41)16-25(22)43-30/h4-11,16,39H,12-15,17-18H2,1-3H3,(H,40,41)(H2,34,35,36,42). The van der Waals surface area contributed by atoms with E-state index < -0.39 is 12.0 Å². The fourth-order valence-corrected chi connectivity index (χ4v) is 7.65. The number of aromatic carboxylic acids is 1. The van der Waals surface area contributed by atoms with Crippen LogP contribution in [-0.4, -0.2) is 58.3 Å². The van der Waals surface area contributed by atoms with E-state index in [1.165, 1.54) is 17.4 Å². The highest BCUT2D eigenvalue weighted by molar-refractivity contribution is 7.22. The molecule has 1 aromatic heterocycles. The fourth-order valence-electron chi connectivity index (χ4n) is 6.39. The summed E-state index contributed by atoms with van der Waals surface area (Å²) in [6.45, 7) is 10.3. The minimum absolute atomic E-state index is 0.155. The van der Waals surface area contributed by atoms with Crippen molar-refractivity contribution in [3.8, 4) is 5.75 Å². The van der Waals surface area contributed by atoms with E-state index in [4.69, 9.17) is 11.6 Å². The maximum Gasteiger partial charge on any atom is 0.335 e. The minimum atomic E-state index is -1.02. The number of urea groups is 1. The predicted octanol–water partition coefficient (Wildman–Crippen LogP) is 7.53. The van der Waals surface area contributed by atoms with Gasteiger partial charge in [0.2, 0.25) is 0 Å². The van der Waals surface area contributed by atoms with Crippen LogP contribution in [0.4, 0.5) is 27.0 Å². The van der Waals surface area contributed by atoms with Crippen molar-refractivity contribution in [1.29, 1.82) is 0 Å². The van der Waals surface area contributed by atoms with Gasteiger partial charge in [0.05, 0.1) is 32.8 Å². The number of phenols is 1. The van der Waals surface area contributed by atoms with Crippen molar-refractivity contribution >= 4 is 67.3 Å². The number of carboxylic acid groups (broad SMARTS) is 1. The van der Waals surface area contributed by atoms with Crippen LogP contribution in [0.3, 0.4) is 0 Å². The number of carbonyl (C=O) groups excluding carboxylic acids is 1. The molecule has 4 N–H and O–H groups in total. The van der Waals surface area contributed by atoms with Crippen LogP contribution in [0.15, 0.2) is 54.6 Å². The summed E-state index contributed by atoms with van der Waals surface area (Å²) in [7, 11) is 0. The van der Waals surface area contributed by atoms with Crippen molar-refractivity contribution in [3.05, 3.63) is 70.7 Å². The van der Waals surface area contributed by atoms with Crippen molar-refractivity contribution in [2.24, 2.45) is 5.41 Å². The van der Waals surface area contributed by atoms with Crippen molar-refractivity contribution < 1.29 is 19.8 Å². The molecule has 1 fully saturated rings. The van der Waals surface area contributed by atoms with E-state index in [1.54, 1.807) is 24.3 Å². The number of nitrogens with one attached hydrogen (secondary N) is 2. The molecular weight excluding hydrogens is 586 g/mol. The van der Waals surface area contributed by atoms with E-state index in [1.807, 2.05) is 24.3 Å². The largest absolute Gasteiger partial charge is 0.506 e. The Bertz CT molecular complexity index is 1720. The number of anilines is 4. The first kappa shape index (κ1) is 29.2. The maximum absolute atomic E-state index is 13.2. The number of halogens is 1. The number of hydrogen-bond acceptors (Lipinski definition) is 7. The van der Waals surface area contributed by atoms with Gasteiger partial charge in [-0.3, -0.25) is 5.32 Å². The van der Waals surface area contributed by atoms with Gasteiger partial charge in [-0.1, -0.05) is 55.8 Å². The molecule has 2 aliphatic rings. The predicted molar refractivity (Wildman–Crippen MR) is 173 cm³/mol. The lowest BCUT2D eigenvalue weighted by molar-refractivity contribution is 0.0697. The van der Waals surface area contributed by atoms with Crippen molar-refractivity contribution in [1.82, 2.24) is 9.88 Å². The van der Waals surface area contributed by atoms with E-state index >= 15 is 0 Å². The third-order valence-electron chi connectivity index (χ3n) is 8.18. The first-order chi connectivity index (χ1) is 20.4. The van der Waals surface area contributed by atoms with E-state index in [-0.39, 0.29) is 22.1 Å². The lowest BCUT2D eigenvalue weighted by Crippen LogP contribution is -2.47. The molecule has 1 spiro atoms. The summed E-state index contributed by atoms with van der Waals surface area (Å²) in [5.41, 5.74) is 3.72. The second kappa shape index (κ2) is 11.0. The first-order valence-electron chi connectivity index (χ1n) is 14.3. The second-order valence-electron chi connectivity index (χ2n) is 12.6. The number of carbonyl (C=O) groups is 2. The van der Waals surface area contributed by atoms with E-state index in [9.17, 15) is 19.8 Å². The summed E-state index contributed by atoms with van der Waals surface area (Å²) in [6.07, 6.45) is 1.82. The summed E-state index contributed by atoms with van der Waals surface area (Å²) in [6, 6.07) is 15.1. The first-order valence-corrected chi connectivity index (χ1v) is 15.4. The number of amides is 2. The SMILES string of the molecule is CC(C)(C)CN1CCC2(CC1)CN(c1ccccc1NC(=O)Nc1nc3ccc(C(=O)O)cc3s1)c1c(O)ccc(Cl)c12. The second-order valence-corrected chi connectivity index (χ2v) is 14.0. The number of rotatable bonds is 5. The van der Waals surface area contributed by atoms with Crippen molar-refractivity contribution in [3.63, 3.8) is 0 Å². The van der Waals surface area contributed by atoms with Gasteiger partial charge in [0.25, 0.3) is 0 Å².